The van der Waals surface area contributed by atoms with E-state index in [0.29, 0.717) is 19.7 Å². The second-order valence-corrected chi connectivity index (χ2v) is 6.57. The van der Waals surface area contributed by atoms with E-state index in [0.717, 1.165) is 0 Å². The normalized spacial score (nSPS) is 24.0. The van der Waals surface area contributed by atoms with Crippen molar-refractivity contribution in [1.82, 2.24) is 4.90 Å². The van der Waals surface area contributed by atoms with Crippen LogP contribution in [0.15, 0.2) is 48.6 Å². The van der Waals surface area contributed by atoms with E-state index in [1.165, 1.54) is 16.0 Å². The third kappa shape index (κ3) is 2.91. The highest BCUT2D eigenvalue weighted by Gasteiger charge is 2.35. The molecule has 0 N–H and O–H groups in total. The van der Waals surface area contributed by atoms with Crippen molar-refractivity contribution in [3.63, 3.8) is 0 Å². The van der Waals surface area contributed by atoms with Crippen LogP contribution in [0.3, 0.4) is 0 Å². The summed E-state index contributed by atoms with van der Waals surface area (Å²) in [6, 6.07) is 8.36. The lowest BCUT2D eigenvalue weighted by atomic mass is 9.67. The van der Waals surface area contributed by atoms with Crippen LogP contribution >= 0.6 is 0 Å². The molecular formula is C21H25NO2. The molecule has 0 radical (unpaired) electrons. The standard InChI is InChI=1S/C21H25NO2/c1-4-22(5-2)20(23)24-15-18-17-11-7-6-10-16(17)14-21(3)13-9-8-12-19(18)21/h6-14,19H,4-5,15H2,1-3H3. The molecule has 1 amide bonds. The van der Waals surface area contributed by atoms with Gasteiger partial charge in [-0.3, -0.25) is 0 Å². The van der Waals surface area contributed by atoms with E-state index in [1.54, 1.807) is 4.90 Å². The van der Waals surface area contributed by atoms with Gasteiger partial charge in [-0.05, 0) is 29.9 Å². The maximum absolute atomic E-state index is 12.3. The molecule has 0 heterocycles. The zero-order valence-electron chi connectivity index (χ0n) is 14.7. The molecule has 24 heavy (non-hydrogen) atoms. The molecule has 3 nitrogen and oxygen atoms in total. The smallest absolute Gasteiger partial charge is 0.410 e. The van der Waals surface area contributed by atoms with Gasteiger partial charge in [0, 0.05) is 24.4 Å². The Labute approximate surface area is 143 Å². The van der Waals surface area contributed by atoms with E-state index < -0.39 is 0 Å². The van der Waals surface area contributed by atoms with Gasteiger partial charge in [-0.2, -0.15) is 0 Å². The Balaban J connectivity index is 1.98. The average molecular weight is 323 g/mol. The molecule has 3 heteroatoms. The molecule has 0 aliphatic heterocycles. The van der Waals surface area contributed by atoms with Crippen LogP contribution in [-0.2, 0) is 4.74 Å². The number of nitrogens with zero attached hydrogens (tertiary/aromatic N) is 1. The summed E-state index contributed by atoms with van der Waals surface area (Å²) < 4.78 is 5.65. The quantitative estimate of drug-likeness (QED) is 0.853. The first-order chi connectivity index (χ1) is 11.6. The number of benzene rings is 1. The second kappa shape index (κ2) is 6.68. The van der Waals surface area contributed by atoms with Gasteiger partial charge in [-0.15, -0.1) is 0 Å². The molecule has 2 atom stereocenters. The average Bonchev–Trinajstić information content (AvgIpc) is 2.59. The molecule has 0 saturated heterocycles. The van der Waals surface area contributed by atoms with Gasteiger partial charge in [0.2, 0.25) is 0 Å². The van der Waals surface area contributed by atoms with E-state index in [9.17, 15) is 4.79 Å². The van der Waals surface area contributed by atoms with Crippen molar-refractivity contribution in [3.8, 4) is 0 Å². The van der Waals surface area contributed by atoms with Crippen molar-refractivity contribution >= 4 is 17.7 Å². The van der Waals surface area contributed by atoms with Gasteiger partial charge in [-0.25, -0.2) is 4.79 Å². The van der Waals surface area contributed by atoms with Gasteiger partial charge in [0.1, 0.15) is 6.61 Å². The summed E-state index contributed by atoms with van der Waals surface area (Å²) in [6.45, 7) is 7.83. The highest BCUT2D eigenvalue weighted by molar-refractivity contribution is 5.70. The summed E-state index contributed by atoms with van der Waals surface area (Å²) in [4.78, 5) is 14.0. The number of fused-ring (bicyclic) bond motifs is 2. The predicted molar refractivity (Wildman–Crippen MR) is 97.7 cm³/mol. The first kappa shape index (κ1) is 16.6. The first-order valence-corrected chi connectivity index (χ1v) is 8.67. The number of hydrogen-bond donors (Lipinski definition) is 0. The Morgan fingerprint density at radius 1 is 1.21 bits per heavy atom. The van der Waals surface area contributed by atoms with Crippen LogP contribution in [0.4, 0.5) is 4.79 Å². The summed E-state index contributed by atoms with van der Waals surface area (Å²) in [7, 11) is 0. The number of hydrogen-bond acceptors (Lipinski definition) is 2. The molecule has 0 saturated carbocycles. The molecule has 1 aromatic rings. The lowest BCUT2D eigenvalue weighted by Crippen LogP contribution is -2.42. The lowest BCUT2D eigenvalue weighted by Gasteiger charge is -2.37. The highest BCUT2D eigenvalue weighted by atomic mass is 16.6. The predicted octanol–water partition coefficient (Wildman–Crippen LogP) is 2.86. The number of ether oxygens (including phenoxy) is 1. The summed E-state index contributed by atoms with van der Waals surface area (Å²) in [5, 5.41) is 2.40. The number of rotatable bonds is 4. The Kier molecular flexibility index (Phi) is 4.61. The van der Waals surface area contributed by atoms with Crippen molar-refractivity contribution in [2.75, 3.05) is 19.7 Å². The fraction of sp³-hybridized carbons (Fsp3) is 0.381. The number of allylic oxidation sites excluding steroid dienone is 4. The minimum absolute atomic E-state index is 0.0694. The minimum Gasteiger partial charge on any atom is -0.445 e. The third-order valence-electron chi connectivity index (χ3n) is 5.06. The van der Waals surface area contributed by atoms with Crippen molar-refractivity contribution in [2.24, 2.45) is 11.3 Å². The van der Waals surface area contributed by atoms with Crippen LogP contribution in [0.2, 0.25) is 0 Å². The van der Waals surface area contributed by atoms with Gasteiger partial charge >= 0.3 is 6.09 Å². The third-order valence-corrected chi connectivity index (χ3v) is 5.06. The molecule has 2 aliphatic carbocycles. The molecule has 0 fully saturated rings. The Hall–Kier alpha value is -2.29. The van der Waals surface area contributed by atoms with Crippen LogP contribution in [0, 0.1) is 11.3 Å². The van der Waals surface area contributed by atoms with Crippen molar-refractivity contribution in [2.45, 2.75) is 20.8 Å². The zero-order valence-corrected chi connectivity index (χ0v) is 14.7. The fourth-order valence-corrected chi connectivity index (χ4v) is 3.68. The van der Waals surface area contributed by atoms with Crippen molar-refractivity contribution in [3.05, 3.63) is 59.0 Å². The number of carbonyl (C=O) groups excluding carboxylic acids is 1. The lowest BCUT2D eigenvalue weighted by molar-refractivity contribution is 0.116. The molecule has 2 unspecified atom stereocenters. The zero-order chi connectivity index (χ0) is 17.2. The molecule has 2 aliphatic rings. The highest BCUT2D eigenvalue weighted by Crippen LogP contribution is 2.40. The van der Waals surface area contributed by atoms with Gasteiger partial charge in [0.15, 0.2) is 0 Å². The largest absolute Gasteiger partial charge is 0.445 e. The SMILES string of the molecule is CCN(CC)C(=O)OCC1=c2ccccc2=CC2(C)C=CC=CC12. The van der Waals surface area contributed by atoms with Crippen LogP contribution in [0.1, 0.15) is 20.8 Å². The Bertz CT molecular complexity index is 801. The second-order valence-electron chi connectivity index (χ2n) is 6.57. The van der Waals surface area contributed by atoms with E-state index in [1.807, 2.05) is 19.9 Å². The van der Waals surface area contributed by atoms with Crippen molar-refractivity contribution < 1.29 is 9.53 Å². The maximum atomic E-state index is 12.3. The van der Waals surface area contributed by atoms with E-state index in [2.05, 4.69) is 55.5 Å². The van der Waals surface area contributed by atoms with Gasteiger partial charge in [0.25, 0.3) is 0 Å². The van der Waals surface area contributed by atoms with E-state index in [-0.39, 0.29) is 17.4 Å². The first-order valence-electron chi connectivity index (χ1n) is 8.67. The topological polar surface area (TPSA) is 29.5 Å². The molecule has 3 rings (SSSR count). The molecule has 1 aromatic carbocycles. The van der Waals surface area contributed by atoms with Gasteiger partial charge in [-0.1, -0.05) is 61.6 Å². The summed E-state index contributed by atoms with van der Waals surface area (Å²) in [6.07, 6.45) is 10.7. The molecule has 0 bridgehead atoms. The Morgan fingerprint density at radius 3 is 2.71 bits per heavy atom. The molecule has 0 aromatic heterocycles. The van der Waals surface area contributed by atoms with Crippen LogP contribution in [0.5, 0.6) is 0 Å². The Morgan fingerprint density at radius 2 is 1.96 bits per heavy atom. The van der Waals surface area contributed by atoms with Gasteiger partial charge in [0.05, 0.1) is 0 Å². The molecule has 126 valence electrons. The minimum atomic E-state index is -0.239. The van der Waals surface area contributed by atoms with E-state index >= 15 is 0 Å². The van der Waals surface area contributed by atoms with Crippen LogP contribution in [0.25, 0.3) is 11.6 Å². The summed E-state index contributed by atoms with van der Waals surface area (Å²) >= 11 is 0. The molecular weight excluding hydrogens is 298 g/mol. The van der Waals surface area contributed by atoms with Gasteiger partial charge < -0.3 is 9.64 Å². The maximum Gasteiger partial charge on any atom is 0.410 e. The summed E-state index contributed by atoms with van der Waals surface area (Å²) in [5.41, 5.74) is 1.11. The number of amides is 1. The molecule has 0 spiro atoms. The van der Waals surface area contributed by atoms with Crippen LogP contribution in [-0.4, -0.2) is 30.7 Å². The van der Waals surface area contributed by atoms with E-state index in [4.69, 9.17) is 4.74 Å². The summed E-state index contributed by atoms with van der Waals surface area (Å²) in [5.74, 6) is 0.224. The monoisotopic (exact) mass is 323 g/mol. The van der Waals surface area contributed by atoms with Crippen molar-refractivity contribution in [1.29, 1.82) is 0 Å². The fourth-order valence-electron chi connectivity index (χ4n) is 3.68. The number of carbonyl (C=O) groups is 1. The van der Waals surface area contributed by atoms with Crippen LogP contribution < -0.4 is 10.4 Å².